The van der Waals surface area contributed by atoms with Crippen molar-refractivity contribution in [2.75, 3.05) is 4.72 Å². The lowest BCUT2D eigenvalue weighted by molar-refractivity contribution is 0.0950. The van der Waals surface area contributed by atoms with E-state index in [0.29, 0.717) is 5.69 Å². The normalized spacial score (nSPS) is 11.1. The first-order valence-electron chi connectivity index (χ1n) is 8.74. The van der Waals surface area contributed by atoms with Crippen LogP contribution < -0.4 is 10.0 Å². The monoisotopic (exact) mass is 395 g/mol. The average molecular weight is 395 g/mol. The summed E-state index contributed by atoms with van der Waals surface area (Å²) in [5, 5.41) is 2.76. The third-order valence-electron chi connectivity index (χ3n) is 4.05. The molecule has 6 nitrogen and oxygen atoms in total. The number of hydrogen-bond acceptors (Lipinski definition) is 4. The second-order valence-corrected chi connectivity index (χ2v) is 8.14. The fourth-order valence-corrected chi connectivity index (χ4v) is 3.79. The molecule has 1 amide bonds. The number of carbonyl (C=O) groups is 1. The fraction of sp³-hybridized carbons (Fsp3) is 0.143. The Bertz CT molecular complexity index is 1110. The number of aryl methyl sites for hydroxylation is 2. The van der Waals surface area contributed by atoms with Crippen LogP contribution in [0.25, 0.3) is 0 Å². The number of hydrogen-bond donors (Lipinski definition) is 2. The van der Waals surface area contributed by atoms with Gasteiger partial charge in [0.15, 0.2) is 0 Å². The summed E-state index contributed by atoms with van der Waals surface area (Å²) in [6.07, 6.45) is 0. The molecule has 0 aliphatic rings. The highest BCUT2D eigenvalue weighted by Gasteiger charge is 2.16. The minimum absolute atomic E-state index is 0.0235. The van der Waals surface area contributed by atoms with Crippen molar-refractivity contribution >= 4 is 21.6 Å². The van der Waals surface area contributed by atoms with Gasteiger partial charge in [-0.25, -0.2) is 8.42 Å². The van der Waals surface area contributed by atoms with Crippen LogP contribution in [0.3, 0.4) is 0 Å². The van der Waals surface area contributed by atoms with Crippen LogP contribution in [0.15, 0.2) is 71.6 Å². The van der Waals surface area contributed by atoms with Crippen molar-refractivity contribution in [2.45, 2.75) is 25.3 Å². The topological polar surface area (TPSA) is 88.2 Å². The Morgan fingerprint density at radius 1 is 0.964 bits per heavy atom. The number of sulfonamides is 1. The minimum Gasteiger partial charge on any atom is -0.346 e. The first kappa shape index (κ1) is 19.6. The van der Waals surface area contributed by atoms with Crippen LogP contribution in [-0.2, 0) is 16.6 Å². The van der Waals surface area contributed by atoms with Gasteiger partial charge in [0.25, 0.3) is 15.9 Å². The van der Waals surface area contributed by atoms with E-state index in [2.05, 4.69) is 15.0 Å². The molecular weight excluding hydrogens is 374 g/mol. The summed E-state index contributed by atoms with van der Waals surface area (Å²) in [6.45, 7) is 4.02. The highest BCUT2D eigenvalue weighted by atomic mass is 32.2. The van der Waals surface area contributed by atoms with Gasteiger partial charge >= 0.3 is 0 Å². The highest BCUT2D eigenvalue weighted by molar-refractivity contribution is 7.92. The number of amides is 1. The summed E-state index contributed by atoms with van der Waals surface area (Å²) in [7, 11) is -3.80. The van der Waals surface area contributed by atoms with Crippen LogP contribution in [0, 0.1) is 13.8 Å². The van der Waals surface area contributed by atoms with Gasteiger partial charge in [-0.05, 0) is 61.9 Å². The molecule has 1 heterocycles. The Balaban J connectivity index is 1.74. The highest BCUT2D eigenvalue weighted by Crippen LogP contribution is 2.18. The van der Waals surface area contributed by atoms with Crippen LogP contribution in [-0.4, -0.2) is 19.3 Å². The van der Waals surface area contributed by atoms with E-state index in [9.17, 15) is 13.2 Å². The summed E-state index contributed by atoms with van der Waals surface area (Å²) in [5.41, 5.74) is 3.28. The number of pyridine rings is 1. The maximum absolute atomic E-state index is 12.7. The molecule has 0 aliphatic heterocycles. The molecule has 3 aromatic rings. The molecule has 0 aliphatic carbocycles. The molecule has 3 rings (SSSR count). The quantitative estimate of drug-likeness (QED) is 0.669. The first-order valence-corrected chi connectivity index (χ1v) is 10.2. The average Bonchev–Trinajstić information content (AvgIpc) is 2.66. The van der Waals surface area contributed by atoms with Gasteiger partial charge in [0.1, 0.15) is 0 Å². The predicted octanol–water partition coefficient (Wildman–Crippen LogP) is 3.43. The Labute approximate surface area is 164 Å². The van der Waals surface area contributed by atoms with Gasteiger partial charge in [0.05, 0.1) is 17.1 Å². The van der Waals surface area contributed by atoms with Crippen LogP contribution in [0.2, 0.25) is 0 Å². The van der Waals surface area contributed by atoms with E-state index < -0.39 is 10.0 Å². The van der Waals surface area contributed by atoms with E-state index in [4.69, 9.17) is 0 Å². The molecule has 0 saturated heterocycles. The molecule has 0 spiro atoms. The van der Waals surface area contributed by atoms with E-state index in [1.807, 2.05) is 38.1 Å². The summed E-state index contributed by atoms with van der Waals surface area (Å²) in [4.78, 5) is 16.8. The molecule has 0 bridgehead atoms. The largest absolute Gasteiger partial charge is 0.346 e. The number of anilines is 1. The maximum atomic E-state index is 12.7. The Hall–Kier alpha value is -3.19. The third kappa shape index (κ3) is 4.95. The van der Waals surface area contributed by atoms with Crippen molar-refractivity contribution in [3.63, 3.8) is 0 Å². The number of aromatic nitrogens is 1. The van der Waals surface area contributed by atoms with Gasteiger partial charge in [-0.15, -0.1) is 0 Å². The van der Waals surface area contributed by atoms with E-state index in [1.54, 1.807) is 30.3 Å². The molecular formula is C21H21N3O3S. The van der Waals surface area contributed by atoms with Gasteiger partial charge in [-0.2, -0.15) is 0 Å². The zero-order valence-electron chi connectivity index (χ0n) is 15.6. The predicted molar refractivity (Wildman–Crippen MR) is 109 cm³/mol. The SMILES string of the molecule is Cc1cccc(NS(=O)(=O)c2cccc(C(=O)NCc3cccc(C)n3)c2)c1. The van der Waals surface area contributed by atoms with Crippen LogP contribution >= 0.6 is 0 Å². The summed E-state index contributed by atoms with van der Waals surface area (Å²) in [6, 6.07) is 18.6. The lowest BCUT2D eigenvalue weighted by Gasteiger charge is -2.10. The van der Waals surface area contributed by atoms with Crippen molar-refractivity contribution in [1.82, 2.24) is 10.3 Å². The lowest BCUT2D eigenvalue weighted by atomic mass is 10.2. The lowest BCUT2D eigenvalue weighted by Crippen LogP contribution is -2.24. The summed E-state index contributed by atoms with van der Waals surface area (Å²) < 4.78 is 27.8. The molecule has 0 fully saturated rings. The smallest absolute Gasteiger partial charge is 0.261 e. The maximum Gasteiger partial charge on any atom is 0.261 e. The second-order valence-electron chi connectivity index (χ2n) is 6.46. The van der Waals surface area contributed by atoms with Gasteiger partial charge in [-0.3, -0.25) is 14.5 Å². The number of nitrogens with zero attached hydrogens (tertiary/aromatic N) is 1. The molecule has 0 saturated carbocycles. The van der Waals surface area contributed by atoms with E-state index in [0.717, 1.165) is 17.0 Å². The molecule has 1 aromatic heterocycles. The zero-order valence-corrected chi connectivity index (χ0v) is 16.5. The number of rotatable bonds is 6. The van der Waals surface area contributed by atoms with E-state index in [1.165, 1.54) is 12.1 Å². The molecule has 28 heavy (non-hydrogen) atoms. The third-order valence-corrected chi connectivity index (χ3v) is 5.43. The van der Waals surface area contributed by atoms with Crippen molar-refractivity contribution in [3.8, 4) is 0 Å². The standard InChI is InChI=1S/C21H21N3O3S/c1-15-6-3-9-18(12-15)24-28(26,27)20-11-5-8-17(13-20)21(25)22-14-19-10-4-7-16(2)23-19/h3-13,24H,14H2,1-2H3,(H,22,25). The zero-order chi connectivity index (χ0) is 20.1. The molecule has 0 unspecified atom stereocenters. The summed E-state index contributed by atoms with van der Waals surface area (Å²) in [5.74, 6) is -0.365. The van der Waals surface area contributed by atoms with Crippen LogP contribution in [0.5, 0.6) is 0 Å². The Morgan fingerprint density at radius 3 is 2.46 bits per heavy atom. The number of carbonyl (C=O) groups excluding carboxylic acids is 1. The van der Waals surface area contributed by atoms with Gasteiger partial charge in [-0.1, -0.05) is 24.3 Å². The Morgan fingerprint density at radius 2 is 1.71 bits per heavy atom. The molecule has 2 N–H and O–H groups in total. The Kier molecular flexibility index (Phi) is 5.75. The van der Waals surface area contributed by atoms with E-state index in [-0.39, 0.29) is 22.9 Å². The van der Waals surface area contributed by atoms with Gasteiger partial charge in [0.2, 0.25) is 0 Å². The molecule has 2 aromatic carbocycles. The molecule has 144 valence electrons. The van der Waals surface area contributed by atoms with Crippen molar-refractivity contribution < 1.29 is 13.2 Å². The van der Waals surface area contributed by atoms with Crippen LogP contribution in [0.4, 0.5) is 5.69 Å². The van der Waals surface area contributed by atoms with Crippen molar-refractivity contribution in [1.29, 1.82) is 0 Å². The minimum atomic E-state index is -3.80. The first-order chi connectivity index (χ1) is 13.3. The molecule has 0 radical (unpaired) electrons. The van der Waals surface area contributed by atoms with Gasteiger partial charge in [0, 0.05) is 16.9 Å². The molecule has 7 heteroatoms. The number of benzene rings is 2. The van der Waals surface area contributed by atoms with Crippen molar-refractivity contribution in [3.05, 3.63) is 89.2 Å². The summed E-state index contributed by atoms with van der Waals surface area (Å²) >= 11 is 0. The van der Waals surface area contributed by atoms with Gasteiger partial charge < -0.3 is 5.32 Å². The second kappa shape index (κ2) is 8.22. The van der Waals surface area contributed by atoms with Crippen molar-refractivity contribution in [2.24, 2.45) is 0 Å². The van der Waals surface area contributed by atoms with E-state index >= 15 is 0 Å². The number of nitrogens with one attached hydrogen (secondary N) is 2. The molecule has 0 atom stereocenters. The van der Waals surface area contributed by atoms with Crippen LogP contribution in [0.1, 0.15) is 27.3 Å². The fourth-order valence-electron chi connectivity index (χ4n) is 2.70.